The van der Waals surface area contributed by atoms with Gasteiger partial charge in [0.25, 0.3) is 0 Å². The van der Waals surface area contributed by atoms with Gasteiger partial charge in [-0.15, -0.1) is 0 Å². The minimum atomic E-state index is -0.505. The van der Waals surface area contributed by atoms with Gasteiger partial charge >= 0.3 is 0 Å². The average molecular weight is 276 g/mol. The van der Waals surface area contributed by atoms with Crippen LogP contribution in [0.2, 0.25) is 0 Å². The number of rotatable bonds is 3. The van der Waals surface area contributed by atoms with Crippen LogP contribution in [-0.4, -0.2) is 20.5 Å². The zero-order chi connectivity index (χ0) is 14.0. The molecule has 0 aromatic carbocycles. The molecule has 1 N–H and O–H groups in total. The Labute approximate surface area is 122 Å². The smallest absolute Gasteiger partial charge is 0.0734 e. The highest BCUT2D eigenvalue weighted by Crippen LogP contribution is 2.45. The number of aromatic nitrogens is 2. The van der Waals surface area contributed by atoms with E-state index in [1.54, 1.807) is 0 Å². The first-order valence-electron chi connectivity index (χ1n) is 8.38. The van der Waals surface area contributed by atoms with Gasteiger partial charge in [-0.2, -0.15) is 5.10 Å². The maximum atomic E-state index is 11.3. The van der Waals surface area contributed by atoms with E-state index in [1.807, 2.05) is 17.9 Å². The number of nitrogens with zero attached hydrogens (tertiary/aromatic N) is 2. The number of aryl methyl sites for hydroxylation is 1. The van der Waals surface area contributed by atoms with Crippen LogP contribution in [0.4, 0.5) is 0 Å². The van der Waals surface area contributed by atoms with Gasteiger partial charge in [-0.1, -0.05) is 44.9 Å². The quantitative estimate of drug-likeness (QED) is 0.918. The van der Waals surface area contributed by atoms with Crippen LogP contribution >= 0.6 is 0 Å². The van der Waals surface area contributed by atoms with Crippen LogP contribution in [0, 0.1) is 11.8 Å². The molecule has 0 amide bonds. The molecule has 1 aromatic heterocycles. The lowest BCUT2D eigenvalue weighted by Gasteiger charge is -2.45. The predicted octanol–water partition coefficient (Wildman–Crippen LogP) is 3.46. The molecule has 3 heteroatoms. The second kappa shape index (κ2) is 5.88. The summed E-state index contributed by atoms with van der Waals surface area (Å²) in [6.45, 7) is 0. The van der Waals surface area contributed by atoms with Crippen molar-refractivity contribution in [2.75, 3.05) is 0 Å². The molecular formula is C17H28N2O. The van der Waals surface area contributed by atoms with Crippen molar-refractivity contribution in [3.05, 3.63) is 18.0 Å². The first kappa shape index (κ1) is 14.1. The van der Waals surface area contributed by atoms with E-state index in [2.05, 4.69) is 11.2 Å². The molecule has 1 heterocycles. The van der Waals surface area contributed by atoms with Crippen molar-refractivity contribution in [3.8, 4) is 0 Å². The molecule has 2 aliphatic rings. The zero-order valence-corrected chi connectivity index (χ0v) is 12.7. The Morgan fingerprint density at radius 3 is 2.65 bits per heavy atom. The van der Waals surface area contributed by atoms with Gasteiger partial charge in [-0.3, -0.25) is 4.68 Å². The number of aliphatic hydroxyl groups is 1. The van der Waals surface area contributed by atoms with E-state index >= 15 is 0 Å². The lowest BCUT2D eigenvalue weighted by molar-refractivity contribution is -0.0773. The molecule has 2 atom stereocenters. The molecular weight excluding hydrogens is 248 g/mol. The summed E-state index contributed by atoms with van der Waals surface area (Å²) in [4.78, 5) is 0. The van der Waals surface area contributed by atoms with Crippen LogP contribution in [0.3, 0.4) is 0 Å². The minimum Gasteiger partial charge on any atom is -0.389 e. The molecule has 2 unspecified atom stereocenters. The van der Waals surface area contributed by atoms with Crippen LogP contribution in [0.1, 0.15) is 63.5 Å². The van der Waals surface area contributed by atoms with Crippen molar-refractivity contribution in [1.29, 1.82) is 0 Å². The Bertz CT molecular complexity index is 436. The highest BCUT2D eigenvalue weighted by atomic mass is 16.3. The monoisotopic (exact) mass is 276 g/mol. The molecule has 0 bridgehead atoms. The highest BCUT2D eigenvalue weighted by molar-refractivity contribution is 5.07. The molecule has 0 aliphatic heterocycles. The maximum Gasteiger partial charge on any atom is 0.0734 e. The Kier molecular flexibility index (Phi) is 4.16. The summed E-state index contributed by atoms with van der Waals surface area (Å²) in [7, 11) is 1.95. The van der Waals surface area contributed by atoms with Gasteiger partial charge < -0.3 is 5.11 Å². The second-order valence-corrected chi connectivity index (χ2v) is 7.01. The number of hydrogen-bond acceptors (Lipinski definition) is 2. The van der Waals surface area contributed by atoms with E-state index in [-0.39, 0.29) is 0 Å². The summed E-state index contributed by atoms with van der Waals surface area (Å²) in [6.07, 6.45) is 14.1. The van der Waals surface area contributed by atoms with Gasteiger partial charge in [-0.05, 0) is 30.7 Å². The lowest BCUT2D eigenvalue weighted by atomic mass is 9.64. The largest absolute Gasteiger partial charge is 0.389 e. The Balaban J connectivity index is 1.75. The standard InChI is InChI=1S/C17H28N2O/c1-19-12-10-15(18-19)13-17(20)11-6-5-9-16(17)14-7-3-2-4-8-14/h10,12,14,16,20H,2-9,11,13H2,1H3. The fraction of sp³-hybridized carbons (Fsp3) is 0.824. The molecule has 0 radical (unpaired) electrons. The summed E-state index contributed by atoms with van der Waals surface area (Å²) in [5.74, 6) is 1.25. The molecule has 0 spiro atoms. The summed E-state index contributed by atoms with van der Waals surface area (Å²) in [6, 6.07) is 2.06. The maximum absolute atomic E-state index is 11.3. The number of hydrogen-bond donors (Lipinski definition) is 1. The normalized spacial score (nSPS) is 32.4. The van der Waals surface area contributed by atoms with Crippen LogP contribution in [0.15, 0.2) is 12.3 Å². The Morgan fingerprint density at radius 1 is 1.20 bits per heavy atom. The zero-order valence-electron chi connectivity index (χ0n) is 12.7. The summed E-state index contributed by atoms with van der Waals surface area (Å²) < 4.78 is 1.84. The molecule has 2 saturated carbocycles. The second-order valence-electron chi connectivity index (χ2n) is 7.01. The van der Waals surface area contributed by atoms with E-state index in [0.717, 1.165) is 24.5 Å². The average Bonchev–Trinajstić information content (AvgIpc) is 2.85. The molecule has 2 fully saturated rings. The van der Waals surface area contributed by atoms with Crippen molar-refractivity contribution >= 4 is 0 Å². The van der Waals surface area contributed by atoms with Crippen molar-refractivity contribution in [3.63, 3.8) is 0 Å². The molecule has 0 saturated heterocycles. The molecule has 3 nitrogen and oxygen atoms in total. The van der Waals surface area contributed by atoms with Crippen LogP contribution < -0.4 is 0 Å². The highest BCUT2D eigenvalue weighted by Gasteiger charge is 2.43. The molecule has 112 valence electrons. The minimum absolute atomic E-state index is 0.499. The summed E-state index contributed by atoms with van der Waals surface area (Å²) >= 11 is 0. The lowest BCUT2D eigenvalue weighted by Crippen LogP contribution is -2.46. The van der Waals surface area contributed by atoms with Crippen molar-refractivity contribution in [2.24, 2.45) is 18.9 Å². The third kappa shape index (κ3) is 2.93. The van der Waals surface area contributed by atoms with E-state index < -0.39 is 5.60 Å². The van der Waals surface area contributed by atoms with E-state index in [1.165, 1.54) is 51.4 Å². The molecule has 1 aromatic rings. The van der Waals surface area contributed by atoms with Gasteiger partial charge in [0.2, 0.25) is 0 Å². The van der Waals surface area contributed by atoms with E-state index in [4.69, 9.17) is 0 Å². The van der Waals surface area contributed by atoms with Gasteiger partial charge in [0, 0.05) is 19.7 Å². The van der Waals surface area contributed by atoms with E-state index in [9.17, 15) is 5.11 Å². The topological polar surface area (TPSA) is 38.0 Å². The SMILES string of the molecule is Cn1ccc(CC2(O)CCCCC2C2CCCCC2)n1. The fourth-order valence-corrected chi connectivity index (χ4v) is 4.55. The molecule has 3 rings (SSSR count). The van der Waals surface area contributed by atoms with Gasteiger partial charge in [-0.25, -0.2) is 0 Å². The van der Waals surface area contributed by atoms with Crippen molar-refractivity contribution in [2.45, 2.75) is 69.8 Å². The van der Waals surface area contributed by atoms with Gasteiger partial charge in [0.05, 0.1) is 11.3 Å². The molecule has 2 aliphatic carbocycles. The fourth-order valence-electron chi connectivity index (χ4n) is 4.55. The van der Waals surface area contributed by atoms with Gasteiger partial charge in [0.1, 0.15) is 0 Å². The first-order valence-corrected chi connectivity index (χ1v) is 8.38. The third-order valence-corrected chi connectivity index (χ3v) is 5.54. The summed E-state index contributed by atoms with van der Waals surface area (Å²) in [5, 5.41) is 15.8. The Morgan fingerprint density at radius 2 is 1.95 bits per heavy atom. The first-order chi connectivity index (χ1) is 9.67. The van der Waals surface area contributed by atoms with Crippen molar-refractivity contribution < 1.29 is 5.11 Å². The molecule has 20 heavy (non-hydrogen) atoms. The van der Waals surface area contributed by atoms with Crippen molar-refractivity contribution in [1.82, 2.24) is 9.78 Å². The van der Waals surface area contributed by atoms with E-state index in [0.29, 0.717) is 5.92 Å². The van der Waals surface area contributed by atoms with Crippen LogP contribution in [0.25, 0.3) is 0 Å². The van der Waals surface area contributed by atoms with Crippen LogP contribution in [0.5, 0.6) is 0 Å². The Hall–Kier alpha value is -0.830. The van der Waals surface area contributed by atoms with Gasteiger partial charge in [0.15, 0.2) is 0 Å². The predicted molar refractivity (Wildman–Crippen MR) is 80.4 cm³/mol. The summed E-state index contributed by atoms with van der Waals surface area (Å²) in [5.41, 5.74) is 0.548. The third-order valence-electron chi connectivity index (χ3n) is 5.54. The van der Waals surface area contributed by atoms with Crippen LogP contribution in [-0.2, 0) is 13.5 Å².